The lowest BCUT2D eigenvalue weighted by Crippen LogP contribution is -2.61. The maximum atomic E-state index is 11.8. The summed E-state index contributed by atoms with van der Waals surface area (Å²) < 4.78 is 5.07. The molecule has 0 N–H and O–H groups in total. The van der Waals surface area contributed by atoms with Crippen LogP contribution in [0.2, 0.25) is 32.7 Å². The fraction of sp³-hybridized carbons (Fsp3) is 0.500. The molecular formula is C14H24O2Si2. The second-order valence-electron chi connectivity index (χ2n) is 6.18. The van der Waals surface area contributed by atoms with Crippen molar-refractivity contribution in [2.75, 3.05) is 6.61 Å². The van der Waals surface area contributed by atoms with Gasteiger partial charge in [0.2, 0.25) is 0 Å². The van der Waals surface area contributed by atoms with Gasteiger partial charge in [0.25, 0.3) is 0 Å². The molecule has 2 nitrogen and oxygen atoms in total. The van der Waals surface area contributed by atoms with Crippen LogP contribution in [0.3, 0.4) is 0 Å². The number of esters is 1. The van der Waals surface area contributed by atoms with Crippen LogP contribution < -0.4 is 5.19 Å². The van der Waals surface area contributed by atoms with E-state index in [-0.39, 0.29) is 5.97 Å². The molecule has 1 aromatic carbocycles. The molecule has 100 valence electrons. The summed E-state index contributed by atoms with van der Waals surface area (Å²) in [5.74, 6) is -0.209. The molecule has 0 radical (unpaired) electrons. The van der Waals surface area contributed by atoms with Crippen molar-refractivity contribution in [1.82, 2.24) is 0 Å². The summed E-state index contributed by atoms with van der Waals surface area (Å²) in [5.41, 5.74) is 0.688. The van der Waals surface area contributed by atoms with Gasteiger partial charge in [-0.3, -0.25) is 0 Å². The molecule has 0 aliphatic rings. The Morgan fingerprint density at radius 3 is 2.28 bits per heavy atom. The minimum atomic E-state index is -1.45. The zero-order valence-electron chi connectivity index (χ0n) is 12.3. The van der Waals surface area contributed by atoms with Crippen molar-refractivity contribution in [2.24, 2.45) is 0 Å². The second-order valence-corrected chi connectivity index (χ2v) is 22.8. The van der Waals surface area contributed by atoms with Gasteiger partial charge in [-0.15, -0.1) is 0 Å². The van der Waals surface area contributed by atoms with Crippen molar-refractivity contribution in [2.45, 2.75) is 39.7 Å². The number of hydrogen-bond donors (Lipinski definition) is 0. The summed E-state index contributed by atoms with van der Waals surface area (Å²) >= 11 is 0. The molecular weight excluding hydrogens is 256 g/mol. The molecule has 0 aromatic heterocycles. The predicted molar refractivity (Wildman–Crippen MR) is 82.9 cm³/mol. The van der Waals surface area contributed by atoms with E-state index in [0.29, 0.717) is 12.2 Å². The fourth-order valence-electron chi connectivity index (χ4n) is 1.68. The van der Waals surface area contributed by atoms with Gasteiger partial charge in [0, 0.05) is 7.59 Å². The van der Waals surface area contributed by atoms with E-state index in [1.165, 1.54) is 5.19 Å². The molecule has 0 heterocycles. The third-order valence-corrected chi connectivity index (χ3v) is 21.6. The number of rotatable bonds is 4. The maximum Gasteiger partial charge on any atom is 0.338 e. The highest BCUT2D eigenvalue weighted by molar-refractivity contribution is 7.45. The molecule has 1 aromatic rings. The summed E-state index contributed by atoms with van der Waals surface area (Å²) in [6, 6.07) is 8.04. The van der Waals surface area contributed by atoms with Gasteiger partial charge in [0.15, 0.2) is 0 Å². The summed E-state index contributed by atoms with van der Waals surface area (Å²) in [7, 11) is -2.67. The van der Waals surface area contributed by atoms with E-state index >= 15 is 0 Å². The summed E-state index contributed by atoms with van der Waals surface area (Å²) in [5, 5.41) is 1.37. The van der Waals surface area contributed by atoms with Crippen LogP contribution in [0, 0.1) is 0 Å². The number of hydrogen-bond acceptors (Lipinski definition) is 2. The van der Waals surface area contributed by atoms with Gasteiger partial charge in [-0.25, -0.2) is 4.79 Å². The molecule has 0 fully saturated rings. The Hall–Kier alpha value is -0.876. The monoisotopic (exact) mass is 280 g/mol. The first-order chi connectivity index (χ1) is 8.20. The van der Waals surface area contributed by atoms with Gasteiger partial charge >= 0.3 is 5.97 Å². The van der Waals surface area contributed by atoms with Crippen LogP contribution in [0.25, 0.3) is 0 Å². The minimum absolute atomic E-state index is 0.209. The largest absolute Gasteiger partial charge is 0.462 e. The Labute approximate surface area is 112 Å². The highest BCUT2D eigenvalue weighted by atomic mass is 29.3. The van der Waals surface area contributed by atoms with Crippen molar-refractivity contribution in [3.8, 4) is 0 Å². The lowest BCUT2D eigenvalue weighted by Gasteiger charge is -2.35. The average molecular weight is 281 g/mol. The second kappa shape index (κ2) is 5.40. The third kappa shape index (κ3) is 3.11. The Kier molecular flexibility index (Phi) is 4.56. The standard InChI is InChI=1S/C14H24O2Si2/c1-7-16-14(15)12-9-8-10-13(11-12)18(5,6)17(2,3)4/h8-11H,7H2,1-6H3. The maximum absolute atomic E-state index is 11.8. The molecule has 0 saturated heterocycles. The van der Waals surface area contributed by atoms with Crippen LogP contribution in [0.1, 0.15) is 17.3 Å². The van der Waals surface area contributed by atoms with Crippen LogP contribution >= 0.6 is 0 Å². The summed E-state index contributed by atoms with van der Waals surface area (Å²) in [4.78, 5) is 11.8. The summed E-state index contributed by atoms with van der Waals surface area (Å²) in [6.07, 6.45) is 0. The molecule has 0 atom stereocenters. The molecule has 0 aliphatic heterocycles. The lowest BCUT2D eigenvalue weighted by molar-refractivity contribution is 0.0526. The molecule has 18 heavy (non-hydrogen) atoms. The van der Waals surface area contributed by atoms with Crippen molar-refractivity contribution < 1.29 is 9.53 Å². The normalized spacial score (nSPS) is 12.3. The van der Waals surface area contributed by atoms with E-state index in [9.17, 15) is 4.79 Å². The topological polar surface area (TPSA) is 26.3 Å². The smallest absolute Gasteiger partial charge is 0.338 e. The van der Waals surface area contributed by atoms with Crippen molar-refractivity contribution in [1.29, 1.82) is 0 Å². The van der Waals surface area contributed by atoms with Gasteiger partial charge in [-0.1, -0.05) is 50.1 Å². The Morgan fingerprint density at radius 2 is 1.78 bits per heavy atom. The van der Waals surface area contributed by atoms with Gasteiger partial charge in [0.1, 0.15) is 0 Å². The fourth-order valence-corrected chi connectivity index (χ4v) is 6.64. The van der Waals surface area contributed by atoms with E-state index in [4.69, 9.17) is 4.74 Å². The van der Waals surface area contributed by atoms with Crippen molar-refractivity contribution >= 4 is 26.3 Å². The van der Waals surface area contributed by atoms with Gasteiger partial charge in [0.05, 0.1) is 19.8 Å². The average Bonchev–Trinajstić information content (AvgIpc) is 2.28. The van der Waals surface area contributed by atoms with E-state index < -0.39 is 15.2 Å². The first-order valence-electron chi connectivity index (χ1n) is 6.48. The van der Waals surface area contributed by atoms with Crippen LogP contribution in [-0.4, -0.2) is 27.8 Å². The zero-order chi connectivity index (χ0) is 14.0. The van der Waals surface area contributed by atoms with Crippen LogP contribution in [0.4, 0.5) is 0 Å². The number of benzene rings is 1. The molecule has 0 unspecified atom stereocenters. The Morgan fingerprint density at radius 1 is 1.17 bits per heavy atom. The predicted octanol–water partition coefficient (Wildman–Crippen LogP) is 3.20. The van der Waals surface area contributed by atoms with E-state index in [1.54, 1.807) is 0 Å². The van der Waals surface area contributed by atoms with Gasteiger partial charge in [-0.05, 0) is 19.1 Å². The lowest BCUT2D eigenvalue weighted by atomic mass is 10.2. The van der Waals surface area contributed by atoms with E-state index in [1.807, 2.05) is 25.1 Å². The molecule has 0 amide bonds. The Bertz CT molecular complexity index is 434. The van der Waals surface area contributed by atoms with Crippen molar-refractivity contribution in [3.63, 3.8) is 0 Å². The van der Waals surface area contributed by atoms with Gasteiger partial charge in [-0.2, -0.15) is 0 Å². The molecule has 0 saturated carbocycles. The number of ether oxygens (including phenoxy) is 1. The Balaban J connectivity index is 3.13. The zero-order valence-corrected chi connectivity index (χ0v) is 14.3. The van der Waals surface area contributed by atoms with Crippen LogP contribution in [-0.2, 0) is 4.74 Å². The first kappa shape index (κ1) is 15.2. The molecule has 0 spiro atoms. The highest BCUT2D eigenvalue weighted by Crippen LogP contribution is 2.19. The van der Waals surface area contributed by atoms with Crippen LogP contribution in [0.5, 0.6) is 0 Å². The van der Waals surface area contributed by atoms with Crippen LogP contribution in [0.15, 0.2) is 24.3 Å². The minimum Gasteiger partial charge on any atom is -0.462 e. The third-order valence-electron chi connectivity index (χ3n) is 3.97. The summed E-state index contributed by atoms with van der Waals surface area (Å²) in [6.45, 7) is 14.3. The number of carbonyl (C=O) groups is 1. The SMILES string of the molecule is CCOC(=O)c1cccc([Si](C)(C)[Si](C)(C)C)c1. The molecule has 4 heteroatoms. The first-order valence-corrected chi connectivity index (χ1v) is 14.0. The van der Waals surface area contributed by atoms with E-state index in [0.717, 1.165) is 0 Å². The van der Waals surface area contributed by atoms with Gasteiger partial charge < -0.3 is 4.74 Å². The quantitative estimate of drug-likeness (QED) is 0.625. The number of carbonyl (C=O) groups excluding carboxylic acids is 1. The molecule has 0 aliphatic carbocycles. The van der Waals surface area contributed by atoms with Crippen molar-refractivity contribution in [3.05, 3.63) is 29.8 Å². The molecule has 0 bridgehead atoms. The highest BCUT2D eigenvalue weighted by Gasteiger charge is 2.38. The van der Waals surface area contributed by atoms with E-state index in [2.05, 4.69) is 38.8 Å². The molecule has 1 rings (SSSR count).